The van der Waals surface area contributed by atoms with E-state index in [-0.39, 0.29) is 11.4 Å². The van der Waals surface area contributed by atoms with Gasteiger partial charge in [0, 0.05) is 19.6 Å². The Morgan fingerprint density at radius 2 is 2.18 bits per heavy atom. The Balaban J connectivity index is 1.76. The summed E-state index contributed by atoms with van der Waals surface area (Å²) in [7, 11) is 1.59. The zero-order valence-electron chi connectivity index (χ0n) is 15.4. The van der Waals surface area contributed by atoms with Crippen LogP contribution >= 0.6 is 11.6 Å². The van der Waals surface area contributed by atoms with E-state index in [1.807, 2.05) is 12.1 Å². The molecule has 0 aliphatic heterocycles. The van der Waals surface area contributed by atoms with Crippen molar-refractivity contribution < 1.29 is 9.26 Å². The Hall–Kier alpha value is -2.71. The number of aromatic nitrogens is 5. The molecule has 2 atom stereocenters. The molecule has 0 N–H and O–H groups in total. The van der Waals surface area contributed by atoms with Crippen LogP contribution in [0.25, 0.3) is 28.1 Å². The number of nitrogens with zero attached hydrogens (tertiary/aromatic N) is 5. The monoisotopic (exact) mass is 399 g/mol. The molecular weight excluding hydrogens is 382 g/mol. The van der Waals surface area contributed by atoms with Gasteiger partial charge in [0.25, 0.3) is 11.4 Å². The van der Waals surface area contributed by atoms with Gasteiger partial charge < -0.3 is 13.8 Å². The Morgan fingerprint density at radius 3 is 2.93 bits per heavy atom. The lowest BCUT2D eigenvalue weighted by atomic mass is 10.2. The van der Waals surface area contributed by atoms with Gasteiger partial charge in [-0.3, -0.25) is 9.20 Å². The maximum Gasteiger partial charge on any atom is 0.278 e. The summed E-state index contributed by atoms with van der Waals surface area (Å²) in [5, 5.41) is 4.58. The number of fused-ring (bicyclic) bond motifs is 3. The molecule has 4 aromatic rings. The fraction of sp³-hybridized carbons (Fsp3) is 0.368. The molecule has 1 aliphatic rings. The van der Waals surface area contributed by atoms with Crippen molar-refractivity contribution in [2.45, 2.75) is 25.8 Å². The van der Waals surface area contributed by atoms with Crippen LogP contribution in [0.15, 0.2) is 33.8 Å². The SMILES string of the molecule is COCCn1c(=O)c2c(-c3nc(C4CC4C)no3)ncn2c2cccc(Cl)c21. The minimum Gasteiger partial charge on any atom is -0.383 e. The van der Waals surface area contributed by atoms with Gasteiger partial charge in [-0.15, -0.1) is 0 Å². The first-order valence-electron chi connectivity index (χ1n) is 9.11. The maximum atomic E-state index is 13.4. The van der Waals surface area contributed by atoms with Gasteiger partial charge in [-0.1, -0.05) is 29.7 Å². The van der Waals surface area contributed by atoms with E-state index in [2.05, 4.69) is 22.0 Å². The molecule has 1 aromatic carbocycles. The molecule has 144 valence electrons. The smallest absolute Gasteiger partial charge is 0.278 e. The maximum absolute atomic E-state index is 13.4. The second-order valence-corrected chi connectivity index (χ2v) is 7.55. The summed E-state index contributed by atoms with van der Waals surface area (Å²) in [6, 6.07) is 5.50. The molecule has 0 amide bonds. The molecule has 1 saturated carbocycles. The van der Waals surface area contributed by atoms with E-state index >= 15 is 0 Å². The minimum atomic E-state index is -0.232. The van der Waals surface area contributed by atoms with Crippen LogP contribution in [0.2, 0.25) is 5.02 Å². The Labute approximate surface area is 164 Å². The molecule has 1 fully saturated rings. The second kappa shape index (κ2) is 6.42. The lowest BCUT2D eigenvalue weighted by Gasteiger charge is -2.13. The average molecular weight is 400 g/mol. The molecule has 8 nitrogen and oxygen atoms in total. The second-order valence-electron chi connectivity index (χ2n) is 7.15. The van der Waals surface area contributed by atoms with Crippen LogP contribution in [0.1, 0.15) is 25.1 Å². The van der Waals surface area contributed by atoms with Crippen molar-refractivity contribution in [2.24, 2.45) is 5.92 Å². The molecule has 0 bridgehead atoms. The number of hydrogen-bond acceptors (Lipinski definition) is 6. The van der Waals surface area contributed by atoms with Crippen molar-refractivity contribution in [3.8, 4) is 11.6 Å². The molecule has 28 heavy (non-hydrogen) atoms. The first-order chi connectivity index (χ1) is 13.6. The van der Waals surface area contributed by atoms with Gasteiger partial charge in [0.1, 0.15) is 11.8 Å². The molecule has 2 unspecified atom stereocenters. The predicted octanol–water partition coefficient (Wildman–Crippen LogP) is 3.12. The molecule has 5 rings (SSSR count). The first-order valence-corrected chi connectivity index (χ1v) is 9.49. The van der Waals surface area contributed by atoms with E-state index in [0.717, 1.165) is 11.9 Å². The van der Waals surface area contributed by atoms with Gasteiger partial charge in [-0.2, -0.15) is 4.98 Å². The van der Waals surface area contributed by atoms with E-state index in [1.165, 1.54) is 0 Å². The quantitative estimate of drug-likeness (QED) is 0.512. The number of hydrogen-bond donors (Lipinski definition) is 0. The molecule has 0 radical (unpaired) electrons. The van der Waals surface area contributed by atoms with Crippen LogP contribution in [-0.4, -0.2) is 37.8 Å². The van der Waals surface area contributed by atoms with E-state index < -0.39 is 0 Å². The van der Waals surface area contributed by atoms with Gasteiger partial charge in [-0.25, -0.2) is 4.98 Å². The molecule has 9 heteroatoms. The highest BCUT2D eigenvalue weighted by Gasteiger charge is 2.38. The van der Waals surface area contributed by atoms with Crippen molar-refractivity contribution in [1.82, 2.24) is 24.1 Å². The highest BCUT2D eigenvalue weighted by atomic mass is 35.5. The predicted molar refractivity (Wildman–Crippen MR) is 104 cm³/mol. The normalized spacial score (nSPS) is 19.0. The number of methoxy groups -OCH3 is 1. The van der Waals surface area contributed by atoms with Crippen molar-refractivity contribution in [3.05, 3.63) is 45.7 Å². The fourth-order valence-corrected chi connectivity index (χ4v) is 3.92. The largest absolute Gasteiger partial charge is 0.383 e. The molecule has 3 heterocycles. The Bertz CT molecular complexity index is 1260. The molecule has 0 spiro atoms. The van der Waals surface area contributed by atoms with E-state index in [9.17, 15) is 4.79 Å². The zero-order valence-corrected chi connectivity index (χ0v) is 16.2. The topological polar surface area (TPSA) is 87.5 Å². The van der Waals surface area contributed by atoms with Crippen LogP contribution in [-0.2, 0) is 11.3 Å². The van der Waals surface area contributed by atoms with Crippen molar-refractivity contribution >= 4 is 28.2 Å². The first kappa shape index (κ1) is 17.4. The molecule has 1 aliphatic carbocycles. The average Bonchev–Trinajstić information content (AvgIpc) is 3.10. The third-order valence-electron chi connectivity index (χ3n) is 5.31. The lowest BCUT2D eigenvalue weighted by molar-refractivity contribution is 0.187. The van der Waals surface area contributed by atoms with E-state index in [4.69, 9.17) is 20.9 Å². The molecular formula is C19H18ClN5O3. The molecule has 0 saturated heterocycles. The Kier molecular flexibility index (Phi) is 3.99. The Morgan fingerprint density at radius 1 is 1.36 bits per heavy atom. The van der Waals surface area contributed by atoms with Gasteiger partial charge in [0.15, 0.2) is 11.5 Å². The van der Waals surface area contributed by atoms with E-state index in [1.54, 1.807) is 28.5 Å². The van der Waals surface area contributed by atoms with Crippen molar-refractivity contribution in [1.29, 1.82) is 0 Å². The van der Waals surface area contributed by atoms with Gasteiger partial charge in [-0.05, 0) is 24.5 Å². The minimum absolute atomic E-state index is 0.232. The summed E-state index contributed by atoms with van der Waals surface area (Å²) in [5.41, 5.74) is 1.94. The standard InChI is InChI=1S/C19H18ClN5O3/c1-10-8-11(10)17-22-18(28-23-17)14-16-19(26)24(6-7-27-2)15-12(20)4-3-5-13(15)25(16)9-21-14/h3-5,9-11H,6-8H2,1-2H3. The van der Waals surface area contributed by atoms with Gasteiger partial charge >= 0.3 is 0 Å². The third kappa shape index (κ3) is 2.56. The number of benzene rings is 1. The lowest BCUT2D eigenvalue weighted by Crippen LogP contribution is -2.25. The van der Waals surface area contributed by atoms with Crippen molar-refractivity contribution in [2.75, 3.05) is 13.7 Å². The summed E-state index contributed by atoms with van der Waals surface area (Å²) in [4.78, 5) is 22.3. The number of para-hydroxylation sites is 1. The van der Waals surface area contributed by atoms with Gasteiger partial charge in [0.05, 0.1) is 22.7 Å². The summed E-state index contributed by atoms with van der Waals surface area (Å²) in [5.74, 6) is 1.81. The van der Waals surface area contributed by atoms with Crippen LogP contribution in [0.3, 0.4) is 0 Å². The van der Waals surface area contributed by atoms with Crippen LogP contribution < -0.4 is 5.56 Å². The van der Waals surface area contributed by atoms with Crippen LogP contribution in [0.5, 0.6) is 0 Å². The fourth-order valence-electron chi connectivity index (χ4n) is 3.65. The van der Waals surface area contributed by atoms with Gasteiger partial charge in [0.2, 0.25) is 0 Å². The zero-order chi connectivity index (χ0) is 19.4. The highest BCUT2D eigenvalue weighted by Crippen LogP contribution is 2.45. The summed E-state index contributed by atoms with van der Waals surface area (Å²) >= 11 is 6.42. The van der Waals surface area contributed by atoms with Crippen LogP contribution in [0, 0.1) is 5.92 Å². The van der Waals surface area contributed by atoms with Crippen molar-refractivity contribution in [3.63, 3.8) is 0 Å². The van der Waals surface area contributed by atoms with E-state index in [0.29, 0.717) is 52.6 Å². The van der Waals surface area contributed by atoms with Crippen LogP contribution in [0.4, 0.5) is 0 Å². The number of imidazole rings is 1. The number of rotatable bonds is 5. The summed E-state index contributed by atoms with van der Waals surface area (Å²) < 4.78 is 14.0. The molecule has 3 aromatic heterocycles. The highest BCUT2D eigenvalue weighted by molar-refractivity contribution is 6.35. The summed E-state index contributed by atoms with van der Waals surface area (Å²) in [6.07, 6.45) is 2.64. The third-order valence-corrected chi connectivity index (χ3v) is 5.62. The number of ether oxygens (including phenoxy) is 1. The summed E-state index contributed by atoms with van der Waals surface area (Å²) in [6.45, 7) is 2.90. The number of halogens is 1.